The highest BCUT2D eigenvalue weighted by atomic mass is 16.5. The second-order valence-corrected chi connectivity index (χ2v) is 5.23. The molecule has 20 heavy (non-hydrogen) atoms. The van der Waals surface area contributed by atoms with Crippen molar-refractivity contribution in [1.82, 2.24) is 10.2 Å². The lowest BCUT2D eigenvalue weighted by Gasteiger charge is -2.35. The van der Waals surface area contributed by atoms with Gasteiger partial charge in [-0.25, -0.2) is 4.79 Å². The minimum Gasteiger partial charge on any atom is -0.469 e. The zero-order valence-electron chi connectivity index (χ0n) is 12.4. The van der Waals surface area contributed by atoms with Gasteiger partial charge in [0.1, 0.15) is 0 Å². The zero-order chi connectivity index (χ0) is 15.0. The molecule has 0 aromatic rings. The van der Waals surface area contributed by atoms with Crippen LogP contribution >= 0.6 is 0 Å². The molecule has 0 aromatic carbocycles. The number of piperidine rings is 1. The van der Waals surface area contributed by atoms with E-state index in [1.54, 1.807) is 4.90 Å². The Bertz CT molecular complexity index is 376. The summed E-state index contributed by atoms with van der Waals surface area (Å²) in [5.41, 5.74) is 0. The molecule has 0 unspecified atom stereocenters. The van der Waals surface area contributed by atoms with Crippen molar-refractivity contribution < 1.29 is 14.3 Å². The molecule has 0 aromatic heterocycles. The fourth-order valence-corrected chi connectivity index (χ4v) is 2.49. The van der Waals surface area contributed by atoms with E-state index in [1.807, 2.05) is 6.92 Å². The predicted octanol–water partition coefficient (Wildman–Crippen LogP) is 1.63. The first-order chi connectivity index (χ1) is 9.60. The number of carbonyl (C=O) groups is 2. The van der Waals surface area contributed by atoms with Gasteiger partial charge in [0, 0.05) is 26.1 Å². The number of amides is 2. The van der Waals surface area contributed by atoms with Gasteiger partial charge in [0.2, 0.25) is 0 Å². The Labute approximate surface area is 121 Å². The monoisotopic (exact) mass is 280 g/mol. The van der Waals surface area contributed by atoms with E-state index in [4.69, 9.17) is 11.2 Å². The summed E-state index contributed by atoms with van der Waals surface area (Å²) in [5.74, 6) is 2.44. The van der Waals surface area contributed by atoms with Crippen molar-refractivity contribution in [1.29, 1.82) is 0 Å². The maximum atomic E-state index is 12.0. The summed E-state index contributed by atoms with van der Waals surface area (Å²) in [7, 11) is 1.41. The fourth-order valence-electron chi connectivity index (χ4n) is 2.49. The van der Waals surface area contributed by atoms with Crippen LogP contribution in [0.5, 0.6) is 0 Å². The van der Waals surface area contributed by atoms with Crippen molar-refractivity contribution in [3.05, 3.63) is 0 Å². The molecule has 1 heterocycles. The number of esters is 1. The third-order valence-electron chi connectivity index (χ3n) is 3.72. The van der Waals surface area contributed by atoms with Gasteiger partial charge in [0.15, 0.2) is 0 Å². The van der Waals surface area contributed by atoms with E-state index in [2.05, 4.69) is 11.2 Å². The lowest BCUT2D eigenvalue weighted by Crippen LogP contribution is -2.49. The van der Waals surface area contributed by atoms with Crippen LogP contribution in [0.15, 0.2) is 0 Å². The molecule has 1 aliphatic rings. The molecule has 1 fully saturated rings. The second kappa shape index (κ2) is 8.47. The molecule has 1 saturated heterocycles. The van der Waals surface area contributed by atoms with Crippen LogP contribution in [0.2, 0.25) is 0 Å². The Hall–Kier alpha value is -1.70. The van der Waals surface area contributed by atoms with Crippen molar-refractivity contribution >= 4 is 12.0 Å². The third kappa shape index (κ3) is 4.76. The molecule has 5 heteroatoms. The molecule has 1 aliphatic heterocycles. The summed E-state index contributed by atoms with van der Waals surface area (Å²) in [6.07, 6.45) is 8.40. The first-order valence-electron chi connectivity index (χ1n) is 7.14. The zero-order valence-corrected chi connectivity index (χ0v) is 12.4. The van der Waals surface area contributed by atoms with Gasteiger partial charge in [-0.2, -0.15) is 0 Å². The second-order valence-electron chi connectivity index (χ2n) is 5.23. The van der Waals surface area contributed by atoms with Crippen LogP contribution in [0, 0.1) is 24.2 Å². The van der Waals surface area contributed by atoms with Crippen molar-refractivity contribution in [3.8, 4) is 12.3 Å². The van der Waals surface area contributed by atoms with E-state index < -0.39 is 0 Å². The number of ether oxygens (including phenoxy) is 1. The first-order valence-corrected chi connectivity index (χ1v) is 7.14. The first kappa shape index (κ1) is 16.4. The largest absolute Gasteiger partial charge is 0.469 e. The number of hydrogen-bond donors (Lipinski definition) is 1. The van der Waals surface area contributed by atoms with E-state index in [0.29, 0.717) is 26.1 Å². The quantitative estimate of drug-likeness (QED) is 0.473. The van der Waals surface area contributed by atoms with Gasteiger partial charge in [-0.05, 0) is 25.2 Å². The van der Waals surface area contributed by atoms with Crippen LogP contribution in [0.3, 0.4) is 0 Å². The van der Waals surface area contributed by atoms with Gasteiger partial charge in [-0.1, -0.05) is 6.92 Å². The summed E-state index contributed by atoms with van der Waals surface area (Å²) in [4.78, 5) is 25.3. The Morgan fingerprint density at radius 2 is 2.20 bits per heavy atom. The van der Waals surface area contributed by atoms with E-state index in [9.17, 15) is 9.59 Å². The molecule has 0 spiro atoms. The van der Waals surface area contributed by atoms with Gasteiger partial charge < -0.3 is 15.0 Å². The Balaban J connectivity index is 2.30. The summed E-state index contributed by atoms with van der Waals surface area (Å²) in [6, 6.07) is -0.0547. The molecule has 5 nitrogen and oxygen atoms in total. The summed E-state index contributed by atoms with van der Waals surface area (Å²) >= 11 is 0. The number of likely N-dealkylation sites (tertiary alicyclic amines) is 1. The van der Waals surface area contributed by atoms with Crippen molar-refractivity contribution in [2.75, 3.05) is 26.7 Å². The van der Waals surface area contributed by atoms with E-state index in [-0.39, 0.29) is 23.8 Å². The maximum absolute atomic E-state index is 12.0. The van der Waals surface area contributed by atoms with E-state index >= 15 is 0 Å². The number of nitrogens with one attached hydrogen (secondary N) is 1. The molecule has 1 N–H and O–H groups in total. The van der Waals surface area contributed by atoms with Gasteiger partial charge in [-0.15, -0.1) is 12.3 Å². The molecular formula is C15H24N2O3. The van der Waals surface area contributed by atoms with Crippen LogP contribution in [-0.4, -0.2) is 43.6 Å². The molecular weight excluding hydrogens is 256 g/mol. The van der Waals surface area contributed by atoms with Crippen LogP contribution in [0.4, 0.5) is 4.79 Å². The van der Waals surface area contributed by atoms with Gasteiger partial charge in [-0.3, -0.25) is 4.79 Å². The SMILES string of the molecule is C#CCCCCNC(=O)N1CC[C@@H](C(=O)OC)[C@H](C)C1. The van der Waals surface area contributed by atoms with Crippen molar-refractivity contribution in [2.45, 2.75) is 32.6 Å². The number of nitrogens with zero attached hydrogens (tertiary/aromatic N) is 1. The average molecular weight is 280 g/mol. The standard InChI is InChI=1S/C15H24N2O3/c1-4-5-6-7-9-16-15(19)17-10-8-13(12(2)11-17)14(18)20-3/h1,12-13H,5-11H2,2-3H3,(H,16,19)/t12-,13-/m1/s1. The number of rotatable bonds is 5. The van der Waals surface area contributed by atoms with E-state index in [0.717, 1.165) is 19.3 Å². The van der Waals surface area contributed by atoms with Crippen LogP contribution < -0.4 is 5.32 Å². The molecule has 0 radical (unpaired) electrons. The molecule has 1 rings (SSSR count). The molecule has 0 bridgehead atoms. The smallest absolute Gasteiger partial charge is 0.317 e. The maximum Gasteiger partial charge on any atom is 0.317 e. The van der Waals surface area contributed by atoms with Crippen molar-refractivity contribution in [2.24, 2.45) is 11.8 Å². The highest BCUT2D eigenvalue weighted by Crippen LogP contribution is 2.24. The number of carbonyl (C=O) groups excluding carboxylic acids is 2. The van der Waals surface area contributed by atoms with Crippen molar-refractivity contribution in [3.63, 3.8) is 0 Å². The Kier molecular flexibility index (Phi) is 6.92. The lowest BCUT2D eigenvalue weighted by molar-refractivity contribution is -0.148. The summed E-state index contributed by atoms with van der Waals surface area (Å²) in [6.45, 7) is 3.82. The average Bonchev–Trinajstić information content (AvgIpc) is 2.46. The van der Waals surface area contributed by atoms with Crippen LogP contribution in [0.25, 0.3) is 0 Å². The highest BCUT2D eigenvalue weighted by Gasteiger charge is 2.33. The third-order valence-corrected chi connectivity index (χ3v) is 3.72. The van der Waals surface area contributed by atoms with Gasteiger partial charge >= 0.3 is 12.0 Å². The number of methoxy groups -OCH3 is 1. The normalized spacial score (nSPS) is 21.9. The minimum atomic E-state index is -0.174. The summed E-state index contributed by atoms with van der Waals surface area (Å²) < 4.78 is 4.78. The van der Waals surface area contributed by atoms with Gasteiger partial charge in [0.25, 0.3) is 0 Å². The molecule has 0 saturated carbocycles. The number of unbranched alkanes of at least 4 members (excludes halogenated alkanes) is 2. The molecule has 0 aliphatic carbocycles. The Morgan fingerprint density at radius 1 is 1.45 bits per heavy atom. The molecule has 2 atom stereocenters. The summed E-state index contributed by atoms with van der Waals surface area (Å²) in [5, 5.41) is 2.89. The van der Waals surface area contributed by atoms with Crippen LogP contribution in [-0.2, 0) is 9.53 Å². The minimum absolute atomic E-state index is 0.0547. The molecule has 112 valence electrons. The number of terminal acetylenes is 1. The lowest BCUT2D eigenvalue weighted by atomic mass is 9.87. The fraction of sp³-hybridized carbons (Fsp3) is 0.733. The predicted molar refractivity (Wildman–Crippen MR) is 76.9 cm³/mol. The topological polar surface area (TPSA) is 58.6 Å². The Morgan fingerprint density at radius 3 is 2.80 bits per heavy atom. The number of hydrogen-bond acceptors (Lipinski definition) is 3. The molecule has 2 amide bonds. The van der Waals surface area contributed by atoms with Crippen LogP contribution in [0.1, 0.15) is 32.6 Å². The van der Waals surface area contributed by atoms with Gasteiger partial charge in [0.05, 0.1) is 13.0 Å². The van der Waals surface area contributed by atoms with E-state index in [1.165, 1.54) is 7.11 Å². The number of urea groups is 1. The highest BCUT2D eigenvalue weighted by molar-refractivity contribution is 5.76.